The standard InChI is InChI=1S/C12H14ClN3O2/c1-18-11-5-4-8(13)7-10(11)16-15-9-3-2-6-14-12(9)17/h4-5,7,16H,2-3,6H2,1H3,(H,14,17)/b15-9+. The first-order valence-corrected chi connectivity index (χ1v) is 6.03. The van der Waals surface area contributed by atoms with Crippen LogP contribution in [0.15, 0.2) is 23.3 Å². The number of hydrogen-bond acceptors (Lipinski definition) is 4. The fourth-order valence-corrected chi connectivity index (χ4v) is 1.85. The van der Waals surface area contributed by atoms with E-state index >= 15 is 0 Å². The normalized spacial score (nSPS) is 17.4. The smallest absolute Gasteiger partial charge is 0.267 e. The third-order valence-electron chi connectivity index (χ3n) is 2.61. The van der Waals surface area contributed by atoms with E-state index in [4.69, 9.17) is 16.3 Å². The summed E-state index contributed by atoms with van der Waals surface area (Å²) in [5, 5.41) is 7.42. The number of benzene rings is 1. The zero-order chi connectivity index (χ0) is 13.0. The number of nitrogens with one attached hydrogen (secondary N) is 2. The number of hydrazone groups is 1. The van der Waals surface area contributed by atoms with Crippen LogP contribution >= 0.6 is 11.6 Å². The maximum atomic E-state index is 11.5. The van der Waals surface area contributed by atoms with Crippen LogP contribution in [0.4, 0.5) is 5.69 Å². The number of ether oxygens (including phenoxy) is 1. The zero-order valence-electron chi connectivity index (χ0n) is 10.00. The van der Waals surface area contributed by atoms with Crippen molar-refractivity contribution >= 4 is 28.9 Å². The Labute approximate surface area is 110 Å². The number of nitrogens with zero attached hydrogens (tertiary/aromatic N) is 1. The number of hydrogen-bond donors (Lipinski definition) is 2. The predicted octanol–water partition coefficient (Wildman–Crippen LogP) is 2.03. The van der Waals surface area contributed by atoms with Crippen LogP contribution in [0.5, 0.6) is 5.75 Å². The van der Waals surface area contributed by atoms with Crippen molar-refractivity contribution in [3.8, 4) is 5.75 Å². The fourth-order valence-electron chi connectivity index (χ4n) is 1.68. The number of halogens is 1. The summed E-state index contributed by atoms with van der Waals surface area (Å²) in [5.41, 5.74) is 3.95. The lowest BCUT2D eigenvalue weighted by Crippen LogP contribution is -2.37. The first-order valence-electron chi connectivity index (χ1n) is 5.65. The third kappa shape index (κ3) is 2.92. The zero-order valence-corrected chi connectivity index (χ0v) is 10.8. The number of methoxy groups -OCH3 is 1. The molecular weight excluding hydrogens is 254 g/mol. The van der Waals surface area contributed by atoms with Crippen molar-refractivity contribution in [3.63, 3.8) is 0 Å². The lowest BCUT2D eigenvalue weighted by atomic mass is 10.1. The Morgan fingerprint density at radius 3 is 3.06 bits per heavy atom. The Balaban J connectivity index is 2.16. The molecule has 1 saturated heterocycles. The van der Waals surface area contributed by atoms with Crippen LogP contribution in [-0.4, -0.2) is 25.3 Å². The second kappa shape index (κ2) is 5.73. The first kappa shape index (κ1) is 12.7. The van der Waals surface area contributed by atoms with Crippen LogP contribution in [0.3, 0.4) is 0 Å². The first-order chi connectivity index (χ1) is 8.70. The molecule has 18 heavy (non-hydrogen) atoms. The lowest BCUT2D eigenvalue weighted by molar-refractivity contribution is -0.115. The van der Waals surface area contributed by atoms with Gasteiger partial charge in [0.05, 0.1) is 12.8 Å². The van der Waals surface area contributed by atoms with Crippen LogP contribution in [-0.2, 0) is 4.79 Å². The summed E-state index contributed by atoms with van der Waals surface area (Å²) in [4.78, 5) is 11.5. The van der Waals surface area contributed by atoms with Crippen LogP contribution in [0, 0.1) is 0 Å². The number of anilines is 1. The van der Waals surface area contributed by atoms with Gasteiger partial charge >= 0.3 is 0 Å². The number of amides is 1. The van der Waals surface area contributed by atoms with Gasteiger partial charge in [-0.25, -0.2) is 0 Å². The van der Waals surface area contributed by atoms with Gasteiger partial charge in [0.15, 0.2) is 0 Å². The number of rotatable bonds is 3. The monoisotopic (exact) mass is 267 g/mol. The lowest BCUT2D eigenvalue weighted by Gasteiger charge is -2.14. The highest BCUT2D eigenvalue weighted by molar-refractivity contribution is 6.39. The predicted molar refractivity (Wildman–Crippen MR) is 71.3 cm³/mol. The molecule has 0 unspecified atom stereocenters. The summed E-state index contributed by atoms with van der Waals surface area (Å²) >= 11 is 5.90. The van der Waals surface area contributed by atoms with Crippen molar-refractivity contribution in [1.29, 1.82) is 0 Å². The van der Waals surface area contributed by atoms with E-state index in [0.717, 1.165) is 6.42 Å². The molecule has 0 saturated carbocycles. The summed E-state index contributed by atoms with van der Waals surface area (Å²) in [6.07, 6.45) is 1.57. The molecule has 1 aliphatic rings. The molecule has 5 nitrogen and oxygen atoms in total. The molecule has 96 valence electrons. The van der Waals surface area contributed by atoms with Gasteiger partial charge in [-0.05, 0) is 31.0 Å². The van der Waals surface area contributed by atoms with Crippen molar-refractivity contribution in [3.05, 3.63) is 23.2 Å². The topological polar surface area (TPSA) is 62.7 Å². The highest BCUT2D eigenvalue weighted by Crippen LogP contribution is 2.27. The van der Waals surface area contributed by atoms with Gasteiger partial charge in [0, 0.05) is 11.6 Å². The summed E-state index contributed by atoms with van der Waals surface area (Å²) in [5.74, 6) is 0.495. The Morgan fingerprint density at radius 1 is 1.50 bits per heavy atom. The maximum Gasteiger partial charge on any atom is 0.267 e. The minimum Gasteiger partial charge on any atom is -0.495 e. The van der Waals surface area contributed by atoms with E-state index in [1.165, 1.54) is 0 Å². The molecule has 1 aromatic rings. The molecule has 0 aliphatic carbocycles. The average molecular weight is 268 g/mol. The van der Waals surface area contributed by atoms with E-state index < -0.39 is 0 Å². The van der Waals surface area contributed by atoms with Gasteiger partial charge in [-0.15, -0.1) is 0 Å². The van der Waals surface area contributed by atoms with Crippen molar-refractivity contribution in [2.24, 2.45) is 5.10 Å². The molecule has 0 bridgehead atoms. The van der Waals surface area contributed by atoms with E-state index in [1.54, 1.807) is 25.3 Å². The Hall–Kier alpha value is -1.75. The fraction of sp³-hybridized carbons (Fsp3) is 0.333. The highest BCUT2D eigenvalue weighted by atomic mass is 35.5. The minimum absolute atomic E-state index is 0.130. The average Bonchev–Trinajstić information content (AvgIpc) is 2.38. The third-order valence-corrected chi connectivity index (χ3v) is 2.85. The van der Waals surface area contributed by atoms with Gasteiger partial charge in [-0.1, -0.05) is 11.6 Å². The van der Waals surface area contributed by atoms with E-state index in [-0.39, 0.29) is 5.91 Å². The summed E-state index contributed by atoms with van der Waals surface area (Å²) in [7, 11) is 1.56. The van der Waals surface area contributed by atoms with Crippen LogP contribution in [0.1, 0.15) is 12.8 Å². The molecule has 1 fully saturated rings. The van der Waals surface area contributed by atoms with Gasteiger partial charge in [0.2, 0.25) is 0 Å². The molecule has 6 heteroatoms. The van der Waals surface area contributed by atoms with E-state index in [0.29, 0.717) is 35.1 Å². The highest BCUT2D eigenvalue weighted by Gasteiger charge is 2.16. The van der Waals surface area contributed by atoms with Crippen molar-refractivity contribution < 1.29 is 9.53 Å². The van der Waals surface area contributed by atoms with Crippen molar-refractivity contribution in [1.82, 2.24) is 5.32 Å². The van der Waals surface area contributed by atoms with Crippen LogP contribution < -0.4 is 15.5 Å². The SMILES string of the molecule is COc1ccc(Cl)cc1N/N=C1\CCCNC1=O. The van der Waals surface area contributed by atoms with E-state index in [9.17, 15) is 4.79 Å². The molecule has 1 aromatic carbocycles. The second-order valence-corrected chi connectivity index (χ2v) is 4.31. The van der Waals surface area contributed by atoms with Gasteiger partial charge in [-0.3, -0.25) is 10.2 Å². The second-order valence-electron chi connectivity index (χ2n) is 3.87. The van der Waals surface area contributed by atoms with Gasteiger partial charge in [-0.2, -0.15) is 5.10 Å². The molecule has 1 heterocycles. The molecule has 0 aromatic heterocycles. The molecular formula is C12H14ClN3O2. The Bertz CT molecular complexity index is 488. The quantitative estimate of drug-likeness (QED) is 0.824. The van der Waals surface area contributed by atoms with Crippen LogP contribution in [0.2, 0.25) is 5.02 Å². The molecule has 0 atom stereocenters. The minimum atomic E-state index is -0.130. The summed E-state index contributed by atoms with van der Waals surface area (Å²) in [6.45, 7) is 0.707. The maximum absolute atomic E-state index is 11.5. The van der Waals surface area contributed by atoms with Crippen molar-refractivity contribution in [2.75, 3.05) is 19.1 Å². The Morgan fingerprint density at radius 2 is 2.33 bits per heavy atom. The molecule has 0 spiro atoms. The molecule has 0 radical (unpaired) electrons. The van der Waals surface area contributed by atoms with Gasteiger partial charge < -0.3 is 10.1 Å². The largest absolute Gasteiger partial charge is 0.495 e. The molecule has 1 amide bonds. The van der Waals surface area contributed by atoms with E-state index in [2.05, 4.69) is 15.8 Å². The molecule has 2 N–H and O–H groups in total. The number of piperidine rings is 1. The van der Waals surface area contributed by atoms with Gasteiger partial charge in [0.25, 0.3) is 5.91 Å². The summed E-state index contributed by atoms with van der Waals surface area (Å²) < 4.78 is 5.18. The molecule has 2 rings (SSSR count). The van der Waals surface area contributed by atoms with Gasteiger partial charge in [0.1, 0.15) is 11.5 Å². The Kier molecular flexibility index (Phi) is 4.04. The van der Waals surface area contributed by atoms with Crippen molar-refractivity contribution in [2.45, 2.75) is 12.8 Å². The number of carbonyl (C=O) groups is 1. The summed E-state index contributed by atoms with van der Waals surface area (Å²) in [6, 6.07) is 5.17. The number of carbonyl (C=O) groups excluding carboxylic acids is 1. The molecule has 1 aliphatic heterocycles. The van der Waals surface area contributed by atoms with E-state index in [1.807, 2.05) is 0 Å². The van der Waals surface area contributed by atoms with Crippen LogP contribution in [0.25, 0.3) is 0 Å².